The van der Waals surface area contributed by atoms with E-state index in [-0.39, 0.29) is 48.2 Å². The summed E-state index contributed by atoms with van der Waals surface area (Å²) in [6.45, 7) is 2.00. The van der Waals surface area contributed by atoms with Crippen LogP contribution in [0.4, 0.5) is 26.3 Å². The number of rotatable bonds is 10. The van der Waals surface area contributed by atoms with E-state index in [2.05, 4.69) is 31.4 Å². The Kier molecular flexibility index (Phi) is 9.25. The average Bonchev–Trinajstić information content (AvgIpc) is 3.30. The van der Waals surface area contributed by atoms with E-state index >= 15 is 0 Å². The number of carbonyl (C=O) groups is 2. The largest absolute Gasteiger partial charge is 0.435 e. The monoisotopic (exact) mass is 781 g/mol. The van der Waals surface area contributed by atoms with Crippen LogP contribution in [-0.2, 0) is 35.8 Å². The second-order valence-electron chi connectivity index (χ2n) is 13.9. The second kappa shape index (κ2) is 13.0. The van der Waals surface area contributed by atoms with Crippen molar-refractivity contribution in [2.24, 2.45) is 12.5 Å². The van der Waals surface area contributed by atoms with Crippen LogP contribution < -0.4 is 10.9 Å². The van der Waals surface area contributed by atoms with Gasteiger partial charge in [0.2, 0.25) is 11.8 Å². The molecule has 3 aromatic heterocycles. The van der Waals surface area contributed by atoms with Gasteiger partial charge in [0, 0.05) is 42.4 Å². The summed E-state index contributed by atoms with van der Waals surface area (Å²) in [5.41, 5.74) is -2.17. The molecule has 1 spiro atoms. The van der Waals surface area contributed by atoms with E-state index in [1.54, 1.807) is 0 Å². The van der Waals surface area contributed by atoms with Crippen molar-refractivity contribution in [2.45, 2.75) is 76.8 Å². The number of aryl methyl sites for hydroxylation is 2. The van der Waals surface area contributed by atoms with Crippen LogP contribution in [0.3, 0.4) is 0 Å². The second-order valence-corrected chi connectivity index (χ2v) is 14.8. The maximum Gasteiger partial charge on any atom is 0.435 e. The standard InChI is InChI=1S/C34H34BrF6N7O3/c1-18-9-21(35)5-6-22(18)23-13-33(23)7-8-46(30(33)51)26(10-19-14-42-47(15-19)31(37)38)28(49)43-32(2,3)17-48-25(12-27(44-48)34(39,40)41)20-11-24(36)29(50)45(4)16-20/h5-6,9,11-12,14-16,23,26,31H,7-8,10,13,17H2,1-4H3,(H,43,49)/t23-,26-,33+/m1/s1. The number of hydrogen-bond acceptors (Lipinski definition) is 5. The molecule has 4 heterocycles. The molecule has 4 aromatic rings. The lowest BCUT2D eigenvalue weighted by atomic mass is 9.95. The zero-order valence-corrected chi connectivity index (χ0v) is 29.5. The summed E-state index contributed by atoms with van der Waals surface area (Å²) in [5.74, 6) is -2.14. The number of likely N-dealkylation sites (tertiary alicyclic amines) is 1. The predicted octanol–water partition coefficient (Wildman–Crippen LogP) is 5.98. The van der Waals surface area contributed by atoms with Gasteiger partial charge in [-0.15, -0.1) is 0 Å². The van der Waals surface area contributed by atoms with Crippen LogP contribution in [0.25, 0.3) is 11.3 Å². The van der Waals surface area contributed by atoms with E-state index in [4.69, 9.17) is 0 Å². The molecule has 1 saturated carbocycles. The minimum absolute atomic E-state index is 0.0541. The maximum absolute atomic E-state index is 14.4. The van der Waals surface area contributed by atoms with Crippen molar-refractivity contribution in [3.8, 4) is 11.3 Å². The van der Waals surface area contributed by atoms with Gasteiger partial charge in [-0.1, -0.05) is 22.0 Å². The van der Waals surface area contributed by atoms with E-state index in [0.29, 0.717) is 17.5 Å². The number of amides is 2. The van der Waals surface area contributed by atoms with Crippen molar-refractivity contribution in [1.29, 1.82) is 0 Å². The highest BCUT2D eigenvalue weighted by Gasteiger charge is 2.65. The van der Waals surface area contributed by atoms with Gasteiger partial charge >= 0.3 is 12.7 Å². The van der Waals surface area contributed by atoms with E-state index in [0.717, 1.165) is 43.2 Å². The molecule has 10 nitrogen and oxygen atoms in total. The fourth-order valence-electron chi connectivity index (χ4n) is 7.08. The molecule has 1 saturated heterocycles. The molecular weight excluding hydrogens is 748 g/mol. The molecule has 0 radical (unpaired) electrons. The fraction of sp³-hybridized carbons (Fsp3) is 0.441. The van der Waals surface area contributed by atoms with Crippen LogP contribution in [0.1, 0.15) is 61.5 Å². The van der Waals surface area contributed by atoms with Crippen molar-refractivity contribution in [3.63, 3.8) is 0 Å². The number of pyridine rings is 1. The summed E-state index contributed by atoms with van der Waals surface area (Å²) < 4.78 is 85.8. The van der Waals surface area contributed by atoms with Crippen LogP contribution in [0.5, 0.6) is 0 Å². The van der Waals surface area contributed by atoms with Gasteiger partial charge in [-0.2, -0.15) is 32.1 Å². The zero-order chi connectivity index (χ0) is 37.2. The quantitative estimate of drug-likeness (QED) is 0.200. The number of halogens is 7. The van der Waals surface area contributed by atoms with Gasteiger partial charge in [-0.25, -0.2) is 9.07 Å². The number of benzene rings is 1. The molecule has 0 bridgehead atoms. The fourth-order valence-corrected chi connectivity index (χ4v) is 7.55. The first-order valence-corrected chi connectivity index (χ1v) is 16.8. The van der Waals surface area contributed by atoms with Gasteiger partial charge in [0.05, 0.1) is 29.4 Å². The summed E-state index contributed by atoms with van der Waals surface area (Å²) in [7, 11) is 1.25. The molecule has 1 aromatic carbocycles. The van der Waals surface area contributed by atoms with Gasteiger partial charge in [0.1, 0.15) is 6.04 Å². The Hall–Kier alpha value is -4.41. The Morgan fingerprint density at radius 1 is 1.14 bits per heavy atom. The molecule has 51 heavy (non-hydrogen) atoms. The molecule has 0 unspecified atom stereocenters. The van der Waals surface area contributed by atoms with Crippen molar-refractivity contribution in [1.82, 2.24) is 34.3 Å². The zero-order valence-electron chi connectivity index (χ0n) is 27.9. The number of carbonyl (C=O) groups excluding carboxylic acids is 2. The SMILES string of the molecule is Cc1cc(Br)ccc1[C@H]1C[C@@]12CCN([C@H](Cc1cnn(C(F)F)c1)C(=O)NC(C)(C)Cn1nc(C(F)(F)F)cc1-c1cc(F)c(=O)n(C)c1)C2=O. The minimum Gasteiger partial charge on any atom is -0.348 e. The van der Waals surface area contributed by atoms with Crippen LogP contribution in [0.2, 0.25) is 0 Å². The summed E-state index contributed by atoms with van der Waals surface area (Å²) >= 11 is 3.46. The smallest absolute Gasteiger partial charge is 0.348 e. The Morgan fingerprint density at radius 2 is 1.86 bits per heavy atom. The normalized spacial score (nSPS) is 19.7. The van der Waals surface area contributed by atoms with E-state index < -0.39 is 52.7 Å². The van der Waals surface area contributed by atoms with Gasteiger partial charge in [0.15, 0.2) is 11.5 Å². The third-order valence-electron chi connectivity index (χ3n) is 9.64. The highest BCUT2D eigenvalue weighted by Crippen LogP contribution is 2.65. The topological polar surface area (TPSA) is 107 Å². The number of aromatic nitrogens is 5. The van der Waals surface area contributed by atoms with Crippen LogP contribution in [-0.4, -0.2) is 59.0 Å². The lowest BCUT2D eigenvalue weighted by Gasteiger charge is -2.33. The summed E-state index contributed by atoms with van der Waals surface area (Å²) in [6.07, 6.45) is -0.483. The molecule has 272 valence electrons. The van der Waals surface area contributed by atoms with Crippen molar-refractivity contribution in [3.05, 3.63) is 92.0 Å². The van der Waals surface area contributed by atoms with Gasteiger partial charge in [0.25, 0.3) is 5.56 Å². The highest BCUT2D eigenvalue weighted by molar-refractivity contribution is 9.10. The molecule has 2 aliphatic rings. The molecule has 6 rings (SSSR count). The Labute approximate surface area is 296 Å². The molecule has 3 atom stereocenters. The van der Waals surface area contributed by atoms with Crippen LogP contribution in [0.15, 0.2) is 58.2 Å². The molecule has 2 amide bonds. The van der Waals surface area contributed by atoms with Gasteiger partial charge < -0.3 is 14.8 Å². The third-order valence-corrected chi connectivity index (χ3v) is 10.1. The molecule has 17 heteroatoms. The number of hydrogen-bond donors (Lipinski definition) is 1. The number of nitrogens with one attached hydrogen (secondary N) is 1. The lowest BCUT2D eigenvalue weighted by molar-refractivity contribution is -0.141. The molecule has 1 aliphatic carbocycles. The van der Waals surface area contributed by atoms with E-state index in [1.807, 2.05) is 25.1 Å². The number of alkyl halides is 5. The van der Waals surface area contributed by atoms with Crippen LogP contribution in [0, 0.1) is 18.2 Å². The molecule has 1 N–H and O–H groups in total. The first kappa shape index (κ1) is 36.4. The van der Waals surface area contributed by atoms with Crippen LogP contribution >= 0.6 is 15.9 Å². The summed E-state index contributed by atoms with van der Waals surface area (Å²) in [6, 6.07) is 6.21. The van der Waals surface area contributed by atoms with Crippen molar-refractivity contribution < 1.29 is 35.9 Å². The lowest BCUT2D eigenvalue weighted by Crippen LogP contribution is -2.56. The molecule has 1 aliphatic heterocycles. The first-order valence-electron chi connectivity index (χ1n) is 16.0. The van der Waals surface area contributed by atoms with Gasteiger partial charge in [-0.05, 0) is 80.5 Å². The predicted molar refractivity (Wildman–Crippen MR) is 176 cm³/mol. The minimum atomic E-state index is -4.86. The molecule has 2 fully saturated rings. The highest BCUT2D eigenvalue weighted by atomic mass is 79.9. The summed E-state index contributed by atoms with van der Waals surface area (Å²) in [5, 5.41) is 10.2. The molecular formula is C34H34BrF6N7O3. The Bertz CT molecular complexity index is 2050. The first-order chi connectivity index (χ1) is 23.8. The average molecular weight is 783 g/mol. The number of nitrogens with zero attached hydrogens (tertiary/aromatic N) is 6. The van der Waals surface area contributed by atoms with Gasteiger partial charge in [-0.3, -0.25) is 19.1 Å². The van der Waals surface area contributed by atoms with Crippen molar-refractivity contribution >= 4 is 27.7 Å². The van der Waals surface area contributed by atoms with E-state index in [1.165, 1.54) is 38.2 Å². The third kappa shape index (κ3) is 7.08. The van der Waals surface area contributed by atoms with E-state index in [9.17, 15) is 40.7 Å². The maximum atomic E-state index is 14.4. The summed E-state index contributed by atoms with van der Waals surface area (Å²) in [4.78, 5) is 41.7. The van der Waals surface area contributed by atoms with Crippen molar-refractivity contribution in [2.75, 3.05) is 6.54 Å². The Morgan fingerprint density at radius 3 is 2.49 bits per heavy atom. The Balaban J connectivity index is 1.29.